The Bertz CT molecular complexity index is 1930. The quantitative estimate of drug-likeness (QED) is 0.228. The van der Waals surface area contributed by atoms with Crippen LogP contribution < -0.4 is 10.4 Å². The zero-order chi connectivity index (χ0) is 26.2. The van der Waals surface area contributed by atoms with Crippen molar-refractivity contribution in [2.75, 3.05) is 0 Å². The number of hydrogen-bond donors (Lipinski definition) is 0. The molecule has 0 bridgehead atoms. The standard InChI is InChI=1S/C30H25N5OS2/c1-20-16-17-24(38-20)18-31-34-27(26-15-9-11-22-10-7-8-14-25(22)26)19-37-30(34)32-28-21(2)33(3)35(29(28)36)23-12-5-4-6-13-23/h4-19H,1-3H3. The van der Waals surface area contributed by atoms with Crippen LogP contribution in [0.3, 0.4) is 0 Å². The van der Waals surface area contributed by atoms with Gasteiger partial charge in [-0.1, -0.05) is 60.7 Å². The van der Waals surface area contributed by atoms with Gasteiger partial charge in [-0.25, -0.2) is 14.4 Å². The number of thiazole rings is 1. The van der Waals surface area contributed by atoms with Crippen molar-refractivity contribution in [3.05, 3.63) is 121 Å². The Labute approximate surface area is 227 Å². The maximum atomic E-state index is 13.6. The van der Waals surface area contributed by atoms with Crippen LogP contribution in [0.2, 0.25) is 0 Å². The molecule has 38 heavy (non-hydrogen) atoms. The summed E-state index contributed by atoms with van der Waals surface area (Å²) in [6.07, 6.45) is 1.86. The molecule has 8 heteroatoms. The van der Waals surface area contributed by atoms with Gasteiger partial charge in [0.05, 0.1) is 23.3 Å². The first-order valence-electron chi connectivity index (χ1n) is 12.2. The second-order valence-electron chi connectivity index (χ2n) is 8.96. The van der Waals surface area contributed by atoms with E-state index in [-0.39, 0.29) is 5.56 Å². The van der Waals surface area contributed by atoms with Gasteiger partial charge in [-0.05, 0) is 48.9 Å². The van der Waals surface area contributed by atoms with Crippen LogP contribution in [0.15, 0.2) is 105 Å². The molecule has 3 aromatic heterocycles. The molecule has 0 saturated heterocycles. The van der Waals surface area contributed by atoms with Crippen LogP contribution in [-0.2, 0) is 7.05 Å². The van der Waals surface area contributed by atoms with Crippen molar-refractivity contribution in [2.24, 2.45) is 17.1 Å². The van der Waals surface area contributed by atoms with Gasteiger partial charge in [0, 0.05) is 27.7 Å². The lowest BCUT2D eigenvalue weighted by atomic mass is 10.0. The minimum Gasteiger partial charge on any atom is -0.283 e. The van der Waals surface area contributed by atoms with E-state index in [0.29, 0.717) is 10.5 Å². The summed E-state index contributed by atoms with van der Waals surface area (Å²) in [4.78, 5) is 21.4. The van der Waals surface area contributed by atoms with E-state index >= 15 is 0 Å². The first-order valence-corrected chi connectivity index (χ1v) is 13.9. The zero-order valence-corrected chi connectivity index (χ0v) is 22.8. The highest BCUT2D eigenvalue weighted by Crippen LogP contribution is 2.29. The molecular weight excluding hydrogens is 510 g/mol. The van der Waals surface area contributed by atoms with Crippen molar-refractivity contribution in [2.45, 2.75) is 13.8 Å². The smallest absolute Gasteiger partial charge is 0.283 e. The maximum Gasteiger partial charge on any atom is 0.297 e. The molecule has 0 unspecified atom stereocenters. The lowest BCUT2D eigenvalue weighted by molar-refractivity contribution is 0.630. The molecule has 6 nitrogen and oxygen atoms in total. The molecule has 0 saturated carbocycles. The number of thiophene rings is 1. The molecule has 0 N–H and O–H groups in total. The highest BCUT2D eigenvalue weighted by Gasteiger charge is 2.17. The summed E-state index contributed by atoms with van der Waals surface area (Å²) >= 11 is 3.16. The molecule has 0 fully saturated rings. The molecule has 0 aliphatic heterocycles. The number of aryl methyl sites for hydroxylation is 1. The Balaban J connectivity index is 1.58. The molecule has 6 rings (SSSR count). The molecule has 0 atom stereocenters. The largest absolute Gasteiger partial charge is 0.297 e. The molecule has 3 aromatic carbocycles. The second-order valence-corrected chi connectivity index (χ2v) is 11.1. The zero-order valence-electron chi connectivity index (χ0n) is 21.2. The number of fused-ring (bicyclic) bond motifs is 1. The van der Waals surface area contributed by atoms with Crippen LogP contribution in [-0.4, -0.2) is 20.3 Å². The van der Waals surface area contributed by atoms with Gasteiger partial charge >= 0.3 is 0 Å². The fourth-order valence-corrected chi connectivity index (χ4v) is 6.12. The van der Waals surface area contributed by atoms with Crippen molar-refractivity contribution in [1.29, 1.82) is 0 Å². The number of aromatic nitrogens is 3. The predicted molar refractivity (Wildman–Crippen MR) is 158 cm³/mol. The fraction of sp³-hybridized carbons (Fsp3) is 0.100. The number of benzene rings is 3. The average Bonchev–Trinajstić information content (AvgIpc) is 3.60. The summed E-state index contributed by atoms with van der Waals surface area (Å²) in [7, 11) is 1.88. The topological polar surface area (TPSA) is 56.6 Å². The molecule has 188 valence electrons. The van der Waals surface area contributed by atoms with Gasteiger partial charge in [-0.2, -0.15) is 5.10 Å². The summed E-state index contributed by atoms with van der Waals surface area (Å²) in [5, 5.41) is 9.23. The number of nitrogens with zero attached hydrogens (tertiary/aromatic N) is 5. The molecule has 3 heterocycles. The van der Waals surface area contributed by atoms with Crippen LogP contribution in [0.1, 0.15) is 15.4 Å². The van der Waals surface area contributed by atoms with E-state index in [9.17, 15) is 4.79 Å². The summed E-state index contributed by atoms with van der Waals surface area (Å²) in [6.45, 7) is 4.00. The summed E-state index contributed by atoms with van der Waals surface area (Å²) in [6, 6.07) is 28.4. The first-order chi connectivity index (χ1) is 18.5. The molecular formula is C30H25N5OS2. The van der Waals surface area contributed by atoms with Gasteiger partial charge < -0.3 is 0 Å². The molecule has 0 amide bonds. The molecule has 6 aromatic rings. The van der Waals surface area contributed by atoms with Crippen molar-refractivity contribution in [3.8, 4) is 16.9 Å². The Morgan fingerprint density at radius 2 is 1.63 bits per heavy atom. The third-order valence-corrected chi connectivity index (χ3v) is 8.30. The highest BCUT2D eigenvalue weighted by molar-refractivity contribution is 7.13. The Kier molecular flexibility index (Phi) is 6.27. The number of hydrogen-bond acceptors (Lipinski definition) is 5. The van der Waals surface area contributed by atoms with Crippen molar-refractivity contribution >= 4 is 45.3 Å². The van der Waals surface area contributed by atoms with Gasteiger partial charge in [-0.15, -0.1) is 22.7 Å². The summed E-state index contributed by atoms with van der Waals surface area (Å²) in [5.74, 6) is 0. The lowest BCUT2D eigenvalue weighted by Gasteiger charge is -2.07. The first kappa shape index (κ1) is 24.1. The molecule has 0 aliphatic carbocycles. The van der Waals surface area contributed by atoms with E-state index in [1.54, 1.807) is 16.0 Å². The van der Waals surface area contributed by atoms with Crippen LogP contribution in [0.4, 0.5) is 5.69 Å². The SMILES string of the molecule is Cc1ccc(C=Nn2c(-c3cccc4ccccc34)csc2=Nc2c(C)n(C)n(-c3ccccc3)c2=O)s1. The molecule has 0 radical (unpaired) electrons. The Morgan fingerprint density at radius 3 is 2.42 bits per heavy atom. The van der Waals surface area contributed by atoms with Crippen LogP contribution >= 0.6 is 22.7 Å². The summed E-state index contributed by atoms with van der Waals surface area (Å²) < 4.78 is 5.34. The van der Waals surface area contributed by atoms with E-state index in [0.717, 1.165) is 38.3 Å². The predicted octanol–water partition coefficient (Wildman–Crippen LogP) is 6.65. The van der Waals surface area contributed by atoms with Crippen molar-refractivity contribution in [1.82, 2.24) is 14.0 Å². The third kappa shape index (κ3) is 4.27. The summed E-state index contributed by atoms with van der Waals surface area (Å²) in [5.41, 5.74) is 3.80. The van der Waals surface area contributed by atoms with Crippen LogP contribution in [0.5, 0.6) is 0 Å². The average molecular weight is 536 g/mol. The fourth-order valence-electron chi connectivity index (χ4n) is 4.54. The van der Waals surface area contributed by atoms with E-state index in [1.807, 2.05) is 72.0 Å². The normalized spacial score (nSPS) is 12.2. The second kappa shape index (κ2) is 9.89. The van der Waals surface area contributed by atoms with Crippen LogP contribution in [0.25, 0.3) is 27.7 Å². The molecule has 0 aliphatic rings. The minimum absolute atomic E-state index is 0.166. The highest BCUT2D eigenvalue weighted by atomic mass is 32.1. The van der Waals surface area contributed by atoms with Gasteiger partial charge in [0.25, 0.3) is 5.56 Å². The van der Waals surface area contributed by atoms with E-state index in [4.69, 9.17) is 10.1 Å². The number of rotatable bonds is 5. The number of para-hydroxylation sites is 1. The van der Waals surface area contributed by atoms with E-state index < -0.39 is 0 Å². The lowest BCUT2D eigenvalue weighted by Crippen LogP contribution is -2.19. The van der Waals surface area contributed by atoms with Gasteiger partial charge in [0.1, 0.15) is 0 Å². The van der Waals surface area contributed by atoms with Gasteiger partial charge in [0.2, 0.25) is 4.80 Å². The minimum atomic E-state index is -0.166. The monoisotopic (exact) mass is 535 g/mol. The van der Waals surface area contributed by atoms with Crippen LogP contribution in [0, 0.1) is 13.8 Å². The Hall–Kier alpha value is -4.27. The van der Waals surface area contributed by atoms with E-state index in [1.165, 1.54) is 16.2 Å². The van der Waals surface area contributed by atoms with Gasteiger partial charge in [-0.3, -0.25) is 9.48 Å². The van der Waals surface area contributed by atoms with Gasteiger partial charge in [0.15, 0.2) is 5.69 Å². The van der Waals surface area contributed by atoms with Crippen molar-refractivity contribution < 1.29 is 0 Å². The van der Waals surface area contributed by atoms with Crippen molar-refractivity contribution in [3.63, 3.8) is 0 Å². The molecule has 0 spiro atoms. The Morgan fingerprint density at radius 1 is 0.868 bits per heavy atom. The third-order valence-electron chi connectivity index (χ3n) is 6.54. The maximum absolute atomic E-state index is 13.6. The van der Waals surface area contributed by atoms with E-state index in [2.05, 4.69) is 54.8 Å².